The van der Waals surface area contributed by atoms with Gasteiger partial charge in [-0.25, -0.2) is 0 Å². The van der Waals surface area contributed by atoms with Gasteiger partial charge >= 0.3 is 0 Å². The molecule has 0 fully saturated rings. The van der Waals surface area contributed by atoms with E-state index in [9.17, 15) is 0 Å². The molecule has 0 unspecified atom stereocenters. The predicted molar refractivity (Wildman–Crippen MR) is 208 cm³/mol. The van der Waals surface area contributed by atoms with Crippen molar-refractivity contribution in [2.24, 2.45) is 0 Å². The minimum atomic E-state index is 0. The van der Waals surface area contributed by atoms with Crippen LogP contribution in [0.4, 0.5) is 0 Å². The second-order valence-corrected chi connectivity index (χ2v) is 15.8. The lowest BCUT2D eigenvalue weighted by Gasteiger charge is -2.33. The van der Waals surface area contributed by atoms with Gasteiger partial charge in [0.05, 0.1) is 54.5 Å². The normalized spacial score (nSPS) is 11.7. The van der Waals surface area contributed by atoms with Gasteiger partial charge in [0.25, 0.3) is 0 Å². The number of nitrogens with zero attached hydrogens (tertiary/aromatic N) is 2. The van der Waals surface area contributed by atoms with Crippen LogP contribution in [-0.4, -0.2) is 86.8 Å². The average molecular weight is 771 g/mol. The second-order valence-electron chi connectivity index (χ2n) is 15.8. The van der Waals surface area contributed by atoms with Gasteiger partial charge in [-0.3, -0.25) is 0 Å². The van der Waals surface area contributed by atoms with Crippen molar-refractivity contribution in [2.45, 2.75) is 194 Å². The van der Waals surface area contributed by atoms with Crippen LogP contribution in [0.2, 0.25) is 0 Å². The van der Waals surface area contributed by atoms with Crippen LogP contribution in [0, 0.1) is 0 Å². The summed E-state index contributed by atoms with van der Waals surface area (Å²) in [5, 5.41) is 18.3. The first kappa shape index (κ1) is 55.1. The molecule has 0 saturated carbocycles. The predicted octanol–water partition coefficient (Wildman–Crippen LogP) is 5.64. The first-order valence-electron chi connectivity index (χ1n) is 20.8. The molecule has 0 heterocycles. The molecule has 0 atom stereocenters. The summed E-state index contributed by atoms with van der Waals surface area (Å²) in [6.45, 7) is 8.90. The topological polar surface area (TPSA) is 40.5 Å². The minimum absolute atomic E-state index is 0. The third-order valence-corrected chi connectivity index (χ3v) is 9.67. The minimum Gasteiger partial charge on any atom is -1.00 e. The molecule has 294 valence electrons. The highest BCUT2D eigenvalue weighted by Crippen LogP contribution is 2.14. The Labute approximate surface area is 320 Å². The van der Waals surface area contributed by atoms with Crippen molar-refractivity contribution >= 4 is 0 Å². The number of halogens is 2. The Bertz CT molecular complexity index is 595. The van der Waals surface area contributed by atoms with Crippen molar-refractivity contribution in [1.29, 1.82) is 0 Å². The van der Waals surface area contributed by atoms with E-state index < -0.39 is 0 Å². The van der Waals surface area contributed by atoms with Crippen LogP contribution in [0.1, 0.15) is 194 Å². The Balaban J connectivity index is -0.000000399. The molecule has 0 rings (SSSR count). The third kappa shape index (κ3) is 48.5. The molecule has 0 bridgehead atoms. The standard InChI is InChI=1S/C23H48NO2.C19H42N.BrH.ClH/c1-3-4-5-6-7-8-9-10-11-12-13-14-15-16-17-18-19-24(2,20-22-25)21-23-26;1-5-6-7-8-9-10-11-12-13-14-15-16-17-18-19-20(2,3)4;;/h10-11,25-26H,3-9,12-23H2,1-2H3;5-19H2,1-4H3;2*1H/q2*+1;;/p-2/b11-10-;;;. The van der Waals surface area contributed by atoms with Gasteiger partial charge in [0.2, 0.25) is 0 Å². The van der Waals surface area contributed by atoms with Gasteiger partial charge < -0.3 is 48.6 Å². The maximum absolute atomic E-state index is 9.16. The number of likely N-dealkylation sites (N-methyl/N-ethyl adjacent to an activating group) is 1. The van der Waals surface area contributed by atoms with E-state index in [4.69, 9.17) is 10.2 Å². The Morgan fingerprint density at radius 3 is 0.938 bits per heavy atom. The van der Waals surface area contributed by atoms with Crippen LogP contribution in [0.15, 0.2) is 12.2 Å². The second kappa shape index (κ2) is 43.5. The highest BCUT2D eigenvalue weighted by Gasteiger charge is 2.19. The van der Waals surface area contributed by atoms with Gasteiger partial charge in [0.15, 0.2) is 0 Å². The number of rotatable bonds is 35. The first-order chi connectivity index (χ1) is 22.2. The Morgan fingerprint density at radius 1 is 0.375 bits per heavy atom. The Kier molecular flexibility index (Phi) is 50.0. The van der Waals surface area contributed by atoms with E-state index in [1.54, 1.807) is 0 Å². The van der Waals surface area contributed by atoms with Crippen molar-refractivity contribution in [1.82, 2.24) is 0 Å². The van der Waals surface area contributed by atoms with Gasteiger partial charge in [-0.1, -0.05) is 154 Å². The largest absolute Gasteiger partial charge is 1.00 e. The van der Waals surface area contributed by atoms with E-state index in [1.807, 2.05) is 0 Å². The molecule has 0 saturated heterocycles. The number of allylic oxidation sites excluding steroid dienone is 2. The molecule has 0 aromatic heterocycles. The maximum Gasteiger partial charge on any atom is 0.102 e. The van der Waals surface area contributed by atoms with Crippen LogP contribution in [0.25, 0.3) is 0 Å². The zero-order chi connectivity index (χ0) is 34.5. The van der Waals surface area contributed by atoms with E-state index in [1.165, 1.54) is 186 Å². The number of quaternary nitrogens is 2. The van der Waals surface area contributed by atoms with E-state index in [2.05, 4.69) is 54.2 Å². The van der Waals surface area contributed by atoms with E-state index >= 15 is 0 Å². The lowest BCUT2D eigenvalue weighted by Crippen LogP contribution is -3.00. The quantitative estimate of drug-likeness (QED) is 0.0499. The number of aliphatic hydroxyl groups excluding tert-OH is 2. The van der Waals surface area contributed by atoms with Crippen molar-refractivity contribution < 1.29 is 48.6 Å². The molecule has 0 radical (unpaired) electrons. The number of hydrogen-bond donors (Lipinski definition) is 2. The molecule has 4 nitrogen and oxygen atoms in total. The molecule has 0 amide bonds. The average Bonchev–Trinajstić information content (AvgIpc) is 3.01. The zero-order valence-electron chi connectivity index (χ0n) is 33.7. The third-order valence-electron chi connectivity index (χ3n) is 9.67. The van der Waals surface area contributed by atoms with Crippen molar-refractivity contribution in [3.8, 4) is 0 Å². The van der Waals surface area contributed by atoms with Gasteiger partial charge in [-0.2, -0.15) is 0 Å². The molecule has 0 aliphatic rings. The Morgan fingerprint density at radius 2 is 0.646 bits per heavy atom. The monoisotopic (exact) mass is 769 g/mol. The summed E-state index contributed by atoms with van der Waals surface area (Å²) in [5.41, 5.74) is 0. The van der Waals surface area contributed by atoms with Gasteiger partial charge in [-0.05, 0) is 51.4 Å². The smallest absolute Gasteiger partial charge is 0.102 e. The zero-order valence-corrected chi connectivity index (χ0v) is 36.1. The molecule has 0 aliphatic heterocycles. The van der Waals surface area contributed by atoms with Crippen molar-refractivity contribution in [3.05, 3.63) is 12.2 Å². The summed E-state index contributed by atoms with van der Waals surface area (Å²) in [6, 6.07) is 0. The van der Waals surface area contributed by atoms with Crippen LogP contribution < -0.4 is 29.4 Å². The highest BCUT2D eigenvalue weighted by atomic mass is 79.9. The maximum atomic E-state index is 9.16. The van der Waals surface area contributed by atoms with Gasteiger partial charge in [-0.15, -0.1) is 0 Å². The summed E-state index contributed by atoms with van der Waals surface area (Å²) in [7, 11) is 9.02. The number of aliphatic hydroxyl groups is 2. The van der Waals surface area contributed by atoms with Gasteiger partial charge in [0.1, 0.15) is 13.1 Å². The summed E-state index contributed by atoms with van der Waals surface area (Å²) in [5.74, 6) is 0. The lowest BCUT2D eigenvalue weighted by molar-refractivity contribution is -0.910. The van der Waals surface area contributed by atoms with E-state index in [0.29, 0.717) is 0 Å². The fourth-order valence-corrected chi connectivity index (χ4v) is 6.34. The SMILES string of the molecule is CCCCCCCC/C=C\CCCCCCCC[N+](C)(CCO)CCO.CCCCCCCCCCCCCCCC[N+](C)(C)C.[Br-].[Cl-]. The Hall–Kier alpha value is 0.350. The molecule has 0 spiro atoms. The van der Waals surface area contributed by atoms with E-state index in [-0.39, 0.29) is 42.6 Å². The molecule has 0 aromatic carbocycles. The molecule has 0 aliphatic carbocycles. The highest BCUT2D eigenvalue weighted by molar-refractivity contribution is 4.81. The van der Waals surface area contributed by atoms with E-state index in [0.717, 1.165) is 28.6 Å². The van der Waals surface area contributed by atoms with Gasteiger partial charge in [0, 0.05) is 0 Å². The summed E-state index contributed by atoms with van der Waals surface area (Å²) < 4.78 is 1.93. The fourth-order valence-electron chi connectivity index (χ4n) is 6.34. The molecule has 0 aromatic rings. The molecule has 2 N–H and O–H groups in total. The first-order valence-corrected chi connectivity index (χ1v) is 20.8. The number of unbranched alkanes of at least 4 members (excludes halogenated alkanes) is 25. The summed E-state index contributed by atoms with van der Waals surface area (Å²) >= 11 is 0. The van der Waals surface area contributed by atoms with Crippen LogP contribution in [0.5, 0.6) is 0 Å². The molecular formula is C42H90BrClN2O2. The van der Waals surface area contributed by atoms with Crippen molar-refractivity contribution in [3.63, 3.8) is 0 Å². The number of hydrogen-bond acceptors (Lipinski definition) is 2. The molecular weight excluding hydrogens is 680 g/mol. The molecule has 48 heavy (non-hydrogen) atoms. The van der Waals surface area contributed by atoms with Crippen molar-refractivity contribution in [2.75, 3.05) is 67.6 Å². The van der Waals surface area contributed by atoms with Crippen LogP contribution in [0.3, 0.4) is 0 Å². The lowest BCUT2D eigenvalue weighted by atomic mass is 10.0. The van der Waals surface area contributed by atoms with Crippen LogP contribution in [-0.2, 0) is 0 Å². The molecule has 6 heteroatoms. The summed E-state index contributed by atoms with van der Waals surface area (Å²) in [4.78, 5) is 0. The summed E-state index contributed by atoms with van der Waals surface area (Å²) in [6.07, 6.45) is 43.8. The van der Waals surface area contributed by atoms with Crippen LogP contribution >= 0.6 is 0 Å². The fraction of sp³-hybridized carbons (Fsp3) is 0.952.